The van der Waals surface area contributed by atoms with Crippen LogP contribution in [0.4, 0.5) is 34.1 Å². The molecule has 2 aromatic rings. The fraction of sp³-hybridized carbons (Fsp3) is 0.600. The topological polar surface area (TPSA) is 124 Å². The van der Waals surface area contributed by atoms with Gasteiger partial charge in [-0.1, -0.05) is 32.5 Å². The molecule has 1 aliphatic heterocycles. The van der Waals surface area contributed by atoms with E-state index in [0.717, 1.165) is 13.2 Å². The summed E-state index contributed by atoms with van der Waals surface area (Å²) >= 11 is 0. The van der Waals surface area contributed by atoms with Gasteiger partial charge in [0, 0.05) is 38.7 Å². The third kappa shape index (κ3) is 10.8. The number of imidazole rings is 1. The molecule has 2 N–H and O–H groups in total. The van der Waals surface area contributed by atoms with Crippen LogP contribution in [0.3, 0.4) is 0 Å². The molecule has 1 aliphatic rings. The molecule has 1 aromatic heterocycles. The molecule has 1 unspecified atom stereocenters. The van der Waals surface area contributed by atoms with E-state index in [-0.39, 0.29) is 42.3 Å². The minimum atomic E-state index is -5.14. The first-order valence-corrected chi connectivity index (χ1v) is 18.6. The van der Waals surface area contributed by atoms with E-state index in [2.05, 4.69) is 35.0 Å². The van der Waals surface area contributed by atoms with Crippen molar-refractivity contribution in [3.8, 4) is 11.3 Å². The number of hydrogen-bond acceptors (Lipinski definition) is 7. The van der Waals surface area contributed by atoms with Crippen molar-refractivity contribution >= 4 is 37.5 Å². The van der Waals surface area contributed by atoms with E-state index in [9.17, 15) is 27.6 Å². The molecule has 3 rings (SSSR count). The first-order chi connectivity index (χ1) is 20.9. The van der Waals surface area contributed by atoms with Crippen LogP contribution >= 0.6 is 0 Å². The van der Waals surface area contributed by atoms with Crippen molar-refractivity contribution in [2.24, 2.45) is 0 Å². The smallest absolute Gasteiger partial charge is 0.453 e. The maximum Gasteiger partial charge on any atom is 0.471 e. The van der Waals surface area contributed by atoms with Gasteiger partial charge in [-0.3, -0.25) is 10.1 Å². The molecule has 0 radical (unpaired) electrons. The minimum Gasteiger partial charge on any atom is -0.453 e. The van der Waals surface area contributed by atoms with Gasteiger partial charge in [-0.2, -0.15) is 13.2 Å². The molecule has 3 amide bonds. The van der Waals surface area contributed by atoms with Gasteiger partial charge in [-0.15, -0.1) is 0 Å². The zero-order valence-electron chi connectivity index (χ0n) is 27.0. The molecule has 1 atom stereocenters. The lowest BCUT2D eigenvalue weighted by atomic mass is 10.0. The largest absolute Gasteiger partial charge is 0.471 e. The van der Waals surface area contributed by atoms with Crippen molar-refractivity contribution in [1.82, 2.24) is 14.9 Å². The molecule has 2 bridgehead atoms. The summed E-state index contributed by atoms with van der Waals surface area (Å²) in [6.07, 6.45) is -3.30. The Morgan fingerprint density at radius 3 is 2.40 bits per heavy atom. The number of alkyl carbamates (subject to hydrolysis) is 1. The number of nitrogens with one attached hydrogen (secondary N) is 2. The second kappa shape index (κ2) is 14.7. The zero-order chi connectivity index (χ0) is 33.6. The van der Waals surface area contributed by atoms with Crippen molar-refractivity contribution in [3.63, 3.8) is 0 Å². The number of rotatable bonds is 7. The Hall–Kier alpha value is -3.59. The first kappa shape index (κ1) is 35.9. The summed E-state index contributed by atoms with van der Waals surface area (Å²) in [6, 6.07) is 4.59. The number of nitrogens with zero attached hydrogens (tertiary/aromatic N) is 3. The Bertz CT molecular complexity index is 1350. The number of carbonyl (C=O) groups excluding carboxylic acids is 3. The molecule has 2 heterocycles. The summed E-state index contributed by atoms with van der Waals surface area (Å²) in [4.78, 5) is 43.0. The lowest BCUT2D eigenvalue weighted by Gasteiger charge is -2.27. The number of hydrogen-bond donors (Lipinski definition) is 2. The second-order valence-electron chi connectivity index (χ2n) is 13.2. The average Bonchev–Trinajstić information content (AvgIpc) is 3.33. The maximum absolute atomic E-state index is 13.9. The highest BCUT2D eigenvalue weighted by Gasteiger charge is 2.43. The van der Waals surface area contributed by atoms with Gasteiger partial charge in [-0.05, 0) is 57.9 Å². The minimum absolute atomic E-state index is 0.0840. The van der Waals surface area contributed by atoms with Crippen LogP contribution < -0.4 is 15.5 Å². The molecule has 45 heavy (non-hydrogen) atoms. The van der Waals surface area contributed by atoms with E-state index in [0.29, 0.717) is 36.6 Å². The molecular weight excluding hydrogens is 611 g/mol. The molecule has 0 aliphatic carbocycles. The van der Waals surface area contributed by atoms with Crippen LogP contribution in [0, 0.1) is 0 Å². The van der Waals surface area contributed by atoms with E-state index in [1.807, 2.05) is 0 Å². The van der Waals surface area contributed by atoms with Crippen molar-refractivity contribution in [2.45, 2.75) is 96.7 Å². The van der Waals surface area contributed by atoms with Crippen LogP contribution in [0.25, 0.3) is 11.3 Å². The number of aromatic nitrogens is 2. The van der Waals surface area contributed by atoms with Gasteiger partial charge in [0.05, 0.1) is 24.5 Å². The van der Waals surface area contributed by atoms with Crippen molar-refractivity contribution in [1.29, 1.82) is 0 Å². The first-order valence-electron chi connectivity index (χ1n) is 14.9. The van der Waals surface area contributed by atoms with Gasteiger partial charge in [0.15, 0.2) is 0 Å². The summed E-state index contributed by atoms with van der Waals surface area (Å²) in [5.41, 5.74) is -0.207. The summed E-state index contributed by atoms with van der Waals surface area (Å²) in [5, 5.41) is 5.37. The van der Waals surface area contributed by atoms with Gasteiger partial charge < -0.3 is 29.0 Å². The predicted octanol–water partition coefficient (Wildman–Crippen LogP) is 7.08. The summed E-state index contributed by atoms with van der Waals surface area (Å²) in [5.74, 6) is -1.60. The molecule has 0 spiro atoms. The summed E-state index contributed by atoms with van der Waals surface area (Å²) in [7, 11) is -0.235. The van der Waals surface area contributed by atoms with E-state index in [1.165, 1.54) is 18.2 Å². The molecular formula is C30H44F3N5O6Si. The van der Waals surface area contributed by atoms with Crippen LogP contribution in [0.5, 0.6) is 0 Å². The van der Waals surface area contributed by atoms with Gasteiger partial charge in [-0.25, -0.2) is 14.6 Å². The van der Waals surface area contributed by atoms with E-state index >= 15 is 0 Å². The number of amides is 3. The second-order valence-corrected chi connectivity index (χ2v) is 18.8. The maximum atomic E-state index is 13.9. The van der Waals surface area contributed by atoms with Crippen molar-refractivity contribution in [2.75, 3.05) is 30.5 Å². The van der Waals surface area contributed by atoms with Crippen molar-refractivity contribution in [3.05, 3.63) is 30.2 Å². The average molecular weight is 656 g/mol. The summed E-state index contributed by atoms with van der Waals surface area (Å²) in [6.45, 7) is 12.3. The van der Waals surface area contributed by atoms with Gasteiger partial charge >= 0.3 is 24.3 Å². The fourth-order valence-electron chi connectivity index (χ4n) is 4.70. The van der Waals surface area contributed by atoms with E-state index in [4.69, 9.17) is 14.5 Å². The lowest BCUT2D eigenvalue weighted by molar-refractivity contribution is -0.170. The van der Waals surface area contributed by atoms with Gasteiger partial charge in [0.1, 0.15) is 18.2 Å². The Morgan fingerprint density at radius 1 is 1.07 bits per heavy atom. The zero-order valence-corrected chi connectivity index (χ0v) is 28.0. The third-order valence-electron chi connectivity index (χ3n) is 6.90. The van der Waals surface area contributed by atoms with Crippen LogP contribution in [0.2, 0.25) is 25.7 Å². The highest BCUT2D eigenvalue weighted by molar-refractivity contribution is 6.76. The summed E-state index contributed by atoms with van der Waals surface area (Å²) < 4.78 is 59.4. The molecule has 250 valence electrons. The molecule has 11 nitrogen and oxygen atoms in total. The molecule has 0 saturated heterocycles. The van der Waals surface area contributed by atoms with Crippen molar-refractivity contribution < 1.29 is 41.8 Å². The van der Waals surface area contributed by atoms with Crippen LogP contribution in [0.15, 0.2) is 24.4 Å². The van der Waals surface area contributed by atoms with Crippen LogP contribution in [-0.2, 0) is 25.7 Å². The number of carbonyl (C=O) groups is 3. The Kier molecular flexibility index (Phi) is 11.7. The fourth-order valence-corrected chi connectivity index (χ4v) is 5.45. The van der Waals surface area contributed by atoms with Crippen LogP contribution in [-0.4, -0.2) is 67.8 Å². The lowest BCUT2D eigenvalue weighted by Crippen LogP contribution is -2.42. The quantitative estimate of drug-likeness (QED) is 0.241. The monoisotopic (exact) mass is 655 g/mol. The highest BCUT2D eigenvalue weighted by Crippen LogP contribution is 2.37. The molecule has 15 heteroatoms. The number of fused-ring (bicyclic) bond motifs is 4. The number of methoxy groups -OCH3 is 1. The molecule has 0 saturated carbocycles. The Morgan fingerprint density at radius 2 is 1.78 bits per heavy atom. The number of alkyl halides is 3. The molecule has 1 aromatic carbocycles. The number of ether oxygens (including phenoxy) is 3. The van der Waals surface area contributed by atoms with Crippen LogP contribution in [0.1, 0.15) is 58.3 Å². The highest BCUT2D eigenvalue weighted by atomic mass is 28.3. The number of halogens is 3. The number of benzene rings is 1. The van der Waals surface area contributed by atoms with Gasteiger partial charge in [0.2, 0.25) is 0 Å². The standard InChI is InChI=1S/C30H44F3N5O6Si/c1-29(2,3)44-28(41)36-22-11-9-8-10-14-38(26(39)30(31,32)33)24-17-20(34-27(40)42-4)12-13-21(24)23-18-37(25(22)35-23)19-43-15-16-45(5,6)7/h12-13,17-18,22H,8-11,14-16,19H2,1-7H3,(H,34,40)(H,36,41). The predicted molar refractivity (Wildman–Crippen MR) is 167 cm³/mol. The van der Waals surface area contributed by atoms with E-state index in [1.54, 1.807) is 31.5 Å². The normalized spacial score (nSPS) is 16.1. The van der Waals surface area contributed by atoms with E-state index < -0.39 is 44.0 Å². The van der Waals surface area contributed by atoms with Gasteiger partial charge in [0.25, 0.3) is 0 Å². The number of anilines is 2. The third-order valence-corrected chi connectivity index (χ3v) is 8.60. The molecule has 0 fully saturated rings. The SMILES string of the molecule is COC(=O)Nc1ccc2c(c1)N(C(=O)C(F)(F)F)CCCCCC(NC(=O)OC(C)(C)C)c1nc-2cn1COCC[Si](C)(C)C. The Labute approximate surface area is 262 Å². The Balaban J connectivity index is 2.17.